The first-order valence-corrected chi connectivity index (χ1v) is 16.7. The Kier molecular flexibility index (Phi) is 9.22. The average molecular weight is 711 g/mol. The summed E-state index contributed by atoms with van der Waals surface area (Å²) in [6, 6.07) is 14.8. The highest BCUT2D eigenvalue weighted by atomic mass is 35.5. The number of hydrogen-bond acceptors (Lipinski definition) is 10. The van der Waals surface area contributed by atoms with Crippen molar-refractivity contribution in [1.29, 1.82) is 0 Å². The molecule has 0 radical (unpaired) electrons. The Morgan fingerprint density at radius 1 is 0.917 bits per heavy atom. The number of nitrogens with one attached hydrogen (secondary N) is 3. The van der Waals surface area contributed by atoms with Crippen LogP contribution >= 0.6 is 23.2 Å². The zero-order valence-electron chi connectivity index (χ0n) is 25.6. The van der Waals surface area contributed by atoms with Crippen molar-refractivity contribution in [2.24, 2.45) is 0 Å². The highest BCUT2D eigenvalue weighted by Gasteiger charge is 2.30. The van der Waals surface area contributed by atoms with E-state index in [0.717, 1.165) is 16.7 Å². The summed E-state index contributed by atoms with van der Waals surface area (Å²) in [6.07, 6.45) is 2.54. The van der Waals surface area contributed by atoms with Crippen LogP contribution in [0.25, 0.3) is 22.4 Å². The van der Waals surface area contributed by atoms with Crippen LogP contribution in [0.15, 0.2) is 71.9 Å². The minimum Gasteiger partial charge on any atom is -0.378 e. The quantitative estimate of drug-likeness (QED) is 0.134. The van der Waals surface area contributed by atoms with Crippen LogP contribution in [0.4, 0.5) is 17.3 Å². The van der Waals surface area contributed by atoms with Gasteiger partial charge in [-0.2, -0.15) is 4.31 Å². The van der Waals surface area contributed by atoms with Gasteiger partial charge >= 0.3 is 0 Å². The van der Waals surface area contributed by atoms with Crippen molar-refractivity contribution < 1.29 is 23.2 Å². The van der Waals surface area contributed by atoms with Gasteiger partial charge in [-0.05, 0) is 54.6 Å². The van der Waals surface area contributed by atoms with Gasteiger partial charge in [0.05, 0.1) is 37.1 Å². The number of hydroxylamine groups is 1. The summed E-state index contributed by atoms with van der Waals surface area (Å²) in [5, 5.41) is 12.0. The van der Waals surface area contributed by atoms with Crippen LogP contribution in [0.2, 0.25) is 10.0 Å². The number of carbonyl (C=O) groups is 2. The number of halogens is 2. The molecule has 6 rings (SSSR count). The molecule has 0 unspecified atom stereocenters. The maximum absolute atomic E-state index is 13.5. The molecular formula is C31H29Cl2N9O5S. The van der Waals surface area contributed by atoms with Gasteiger partial charge in [-0.15, -0.1) is 0 Å². The van der Waals surface area contributed by atoms with Crippen molar-refractivity contribution in [2.45, 2.75) is 4.90 Å². The molecule has 0 aliphatic carbocycles. The number of fused-ring (bicyclic) bond motifs is 1. The molecule has 48 heavy (non-hydrogen) atoms. The molecule has 0 spiro atoms. The summed E-state index contributed by atoms with van der Waals surface area (Å²) in [5.74, 6) is -0.415. The maximum atomic E-state index is 13.5. The molecule has 0 bridgehead atoms. The van der Waals surface area contributed by atoms with Gasteiger partial charge in [0.2, 0.25) is 16.0 Å². The second kappa shape index (κ2) is 13.4. The van der Waals surface area contributed by atoms with Crippen molar-refractivity contribution >= 4 is 73.4 Å². The second-order valence-corrected chi connectivity index (χ2v) is 13.8. The second-order valence-electron chi connectivity index (χ2n) is 11.1. The van der Waals surface area contributed by atoms with Crippen LogP contribution in [-0.2, 0) is 10.0 Å². The number of rotatable bonds is 8. The van der Waals surface area contributed by atoms with Gasteiger partial charge in [-0.1, -0.05) is 23.2 Å². The van der Waals surface area contributed by atoms with Crippen LogP contribution in [0.3, 0.4) is 0 Å². The summed E-state index contributed by atoms with van der Waals surface area (Å²) in [7, 11) is -0.0361. The van der Waals surface area contributed by atoms with Crippen LogP contribution in [-0.4, -0.2) is 90.0 Å². The Balaban J connectivity index is 1.13. The molecule has 0 atom stereocenters. The third-order valence-electron chi connectivity index (χ3n) is 7.81. The smallest absolute Gasteiger partial charge is 0.277 e. The Morgan fingerprint density at radius 3 is 2.31 bits per heavy atom. The van der Waals surface area contributed by atoms with Crippen molar-refractivity contribution in [3.8, 4) is 11.4 Å². The number of aromatic amines is 1. The van der Waals surface area contributed by atoms with Crippen LogP contribution in [0.5, 0.6) is 0 Å². The van der Waals surface area contributed by atoms with Crippen LogP contribution in [0.1, 0.15) is 20.7 Å². The maximum Gasteiger partial charge on any atom is 0.277 e. The van der Waals surface area contributed by atoms with Crippen molar-refractivity contribution in [2.75, 3.05) is 55.4 Å². The number of amides is 2. The Labute approximate surface area is 285 Å². The number of imidazole rings is 1. The molecule has 1 aliphatic heterocycles. The number of piperazine rings is 1. The van der Waals surface area contributed by atoms with E-state index in [4.69, 9.17) is 33.4 Å². The molecule has 1 saturated heterocycles. The highest BCUT2D eigenvalue weighted by Crippen LogP contribution is 2.32. The number of benzene rings is 3. The van der Waals surface area contributed by atoms with Crippen LogP contribution in [0, 0.1) is 0 Å². The lowest BCUT2D eigenvalue weighted by molar-refractivity contribution is 0.0705. The van der Waals surface area contributed by atoms with Gasteiger partial charge in [0, 0.05) is 69.6 Å². The van der Waals surface area contributed by atoms with E-state index in [-0.39, 0.29) is 34.1 Å². The van der Waals surface area contributed by atoms with Gasteiger partial charge in [-0.25, -0.2) is 28.8 Å². The molecule has 3 heterocycles. The Morgan fingerprint density at radius 2 is 1.65 bits per heavy atom. The summed E-state index contributed by atoms with van der Waals surface area (Å²) in [4.78, 5) is 44.7. The minimum atomic E-state index is -3.93. The Hall–Kier alpha value is -4.80. The van der Waals surface area contributed by atoms with E-state index in [1.54, 1.807) is 23.1 Å². The predicted molar refractivity (Wildman–Crippen MR) is 183 cm³/mol. The fraction of sp³-hybridized carbons (Fsp3) is 0.194. The number of sulfonamides is 1. The normalized spacial score (nSPS) is 13.8. The van der Waals surface area contributed by atoms with Gasteiger partial charge in [0.25, 0.3) is 11.8 Å². The summed E-state index contributed by atoms with van der Waals surface area (Å²) in [5.41, 5.74) is 5.30. The molecular weight excluding hydrogens is 681 g/mol. The van der Waals surface area contributed by atoms with Gasteiger partial charge in [-0.3, -0.25) is 14.8 Å². The molecule has 4 N–H and O–H groups in total. The predicted octanol–water partition coefficient (Wildman–Crippen LogP) is 4.27. The zero-order valence-corrected chi connectivity index (χ0v) is 27.9. The number of nitrogens with zero attached hydrogens (tertiary/aromatic N) is 6. The fourth-order valence-corrected chi connectivity index (χ4v) is 7.15. The number of hydrogen-bond donors (Lipinski definition) is 4. The van der Waals surface area contributed by atoms with E-state index in [1.807, 2.05) is 37.2 Å². The SMILES string of the molecule is CN(C)c1ccc2[nH]c(-c3cc(NC(=O)c4ccc(S(=O)(=O)N5CCN(c6ncc(C(=O)NO)cn6)CC5)cc4Cl)ccc3Cl)nc2c1. The first-order valence-electron chi connectivity index (χ1n) is 14.5. The molecule has 5 aromatic rings. The lowest BCUT2D eigenvalue weighted by Gasteiger charge is -2.34. The fourth-order valence-electron chi connectivity index (χ4n) is 5.17. The van der Waals surface area contributed by atoms with Gasteiger partial charge in [0.1, 0.15) is 5.82 Å². The molecule has 1 aliphatic rings. The minimum absolute atomic E-state index is 0.0317. The third kappa shape index (κ3) is 6.63. The highest BCUT2D eigenvalue weighted by molar-refractivity contribution is 7.89. The third-order valence-corrected chi connectivity index (χ3v) is 10.3. The largest absolute Gasteiger partial charge is 0.378 e. The monoisotopic (exact) mass is 709 g/mol. The van der Waals surface area contributed by atoms with Crippen LogP contribution < -0.4 is 20.6 Å². The average Bonchev–Trinajstić information content (AvgIpc) is 3.52. The summed E-state index contributed by atoms with van der Waals surface area (Å²) >= 11 is 13.0. The summed E-state index contributed by atoms with van der Waals surface area (Å²) < 4.78 is 28.2. The summed E-state index contributed by atoms with van der Waals surface area (Å²) in [6.45, 7) is 0.886. The Bertz CT molecular complexity index is 2130. The van der Waals surface area contributed by atoms with E-state index in [2.05, 4.69) is 20.3 Å². The van der Waals surface area contributed by atoms with E-state index in [9.17, 15) is 18.0 Å². The molecule has 17 heteroatoms. The number of aromatic nitrogens is 4. The van der Waals surface area contributed by atoms with Gasteiger partial charge < -0.3 is 20.1 Å². The zero-order chi connectivity index (χ0) is 34.2. The molecule has 2 amide bonds. The van der Waals surface area contributed by atoms with Crippen molar-refractivity contribution in [1.82, 2.24) is 29.7 Å². The van der Waals surface area contributed by atoms with Gasteiger partial charge in [0.15, 0.2) is 0 Å². The topological polar surface area (TPSA) is 177 Å². The number of H-pyrrole nitrogens is 1. The lowest BCUT2D eigenvalue weighted by atomic mass is 10.1. The number of carbonyl (C=O) groups excluding carboxylic acids is 2. The van der Waals surface area contributed by atoms with E-state index < -0.39 is 21.8 Å². The van der Waals surface area contributed by atoms with Crippen molar-refractivity contribution in [3.05, 3.63) is 88.2 Å². The van der Waals surface area contributed by atoms with E-state index >= 15 is 0 Å². The van der Waals surface area contributed by atoms with E-state index in [1.165, 1.54) is 40.4 Å². The molecule has 3 aromatic carbocycles. The molecule has 248 valence electrons. The lowest BCUT2D eigenvalue weighted by Crippen LogP contribution is -2.49. The molecule has 0 saturated carbocycles. The number of anilines is 3. The first-order chi connectivity index (χ1) is 22.9. The van der Waals surface area contributed by atoms with E-state index in [0.29, 0.717) is 41.1 Å². The molecule has 2 aromatic heterocycles. The molecule has 14 nitrogen and oxygen atoms in total. The standard InChI is InChI=1S/C31H29Cl2N9O5S/c1-40(2)20-4-8-26-27(14-20)38-28(37-26)23-13-19(3-7-24(23)32)36-30(44)22-6-5-21(15-25(22)33)48(46,47)42-11-9-41(10-12-42)31-34-16-18(17-35-31)29(43)39-45/h3-8,13-17,45H,9-12H2,1-2H3,(H,36,44)(H,37,38)(H,39,43). The first kappa shape index (κ1) is 33.1. The van der Waals surface area contributed by atoms with Crippen molar-refractivity contribution in [3.63, 3.8) is 0 Å². The molecule has 1 fully saturated rings.